The van der Waals surface area contributed by atoms with Crippen LogP contribution in [0, 0.1) is 0 Å². The van der Waals surface area contributed by atoms with Gasteiger partial charge in [0, 0.05) is 51.2 Å². The second kappa shape index (κ2) is 7.00. The fourth-order valence-electron chi connectivity index (χ4n) is 2.26. The van der Waals surface area contributed by atoms with E-state index in [-0.39, 0.29) is 18.4 Å². The van der Waals surface area contributed by atoms with Gasteiger partial charge < -0.3 is 14.5 Å². The van der Waals surface area contributed by atoms with Crippen molar-refractivity contribution < 1.29 is 14.3 Å². The fourth-order valence-corrected chi connectivity index (χ4v) is 2.26. The summed E-state index contributed by atoms with van der Waals surface area (Å²) in [5.41, 5.74) is 0.636. The Balaban J connectivity index is 1.96. The average Bonchev–Trinajstić information content (AvgIpc) is 2.73. The average molecular weight is 277 g/mol. The normalized spacial score (nSPS) is 15.8. The van der Waals surface area contributed by atoms with Gasteiger partial charge in [0.05, 0.1) is 0 Å². The Kier molecular flexibility index (Phi) is 5.06. The zero-order valence-electron chi connectivity index (χ0n) is 11.6. The van der Waals surface area contributed by atoms with Crippen molar-refractivity contribution >= 4 is 11.8 Å². The highest BCUT2D eigenvalue weighted by Gasteiger charge is 2.22. The summed E-state index contributed by atoms with van der Waals surface area (Å²) < 4.78 is 4.86. The molecule has 2 rings (SSSR count). The Labute approximate surface area is 118 Å². The molecule has 0 spiro atoms. The summed E-state index contributed by atoms with van der Waals surface area (Å²) in [6, 6.07) is 3.42. The molecule has 0 saturated carbocycles. The molecule has 1 aromatic heterocycles. The quantitative estimate of drug-likeness (QED) is 0.802. The molecule has 6 heteroatoms. The van der Waals surface area contributed by atoms with Crippen molar-refractivity contribution in [1.82, 2.24) is 14.8 Å². The van der Waals surface area contributed by atoms with Gasteiger partial charge in [0.1, 0.15) is 6.61 Å². The SMILES string of the molecule is COCC(=O)N1CCCN(C(=O)c2ccncc2)CC1. The first-order valence-electron chi connectivity index (χ1n) is 6.68. The zero-order valence-corrected chi connectivity index (χ0v) is 11.6. The van der Waals surface area contributed by atoms with E-state index in [0.29, 0.717) is 31.7 Å². The Morgan fingerprint density at radius 3 is 2.50 bits per heavy atom. The Hall–Kier alpha value is -1.95. The van der Waals surface area contributed by atoms with E-state index in [9.17, 15) is 9.59 Å². The van der Waals surface area contributed by atoms with Crippen molar-refractivity contribution in [3.63, 3.8) is 0 Å². The summed E-state index contributed by atoms with van der Waals surface area (Å²) in [6.07, 6.45) is 4.01. The van der Waals surface area contributed by atoms with Crippen molar-refractivity contribution in [3.05, 3.63) is 30.1 Å². The van der Waals surface area contributed by atoms with Gasteiger partial charge in [-0.2, -0.15) is 0 Å². The van der Waals surface area contributed by atoms with Crippen LogP contribution in [-0.4, -0.2) is 66.5 Å². The van der Waals surface area contributed by atoms with E-state index in [2.05, 4.69) is 4.98 Å². The van der Waals surface area contributed by atoms with Crippen molar-refractivity contribution in [2.24, 2.45) is 0 Å². The van der Waals surface area contributed by atoms with Crippen molar-refractivity contribution in [1.29, 1.82) is 0 Å². The molecule has 0 N–H and O–H groups in total. The highest BCUT2D eigenvalue weighted by atomic mass is 16.5. The van der Waals surface area contributed by atoms with Gasteiger partial charge in [-0.05, 0) is 18.6 Å². The van der Waals surface area contributed by atoms with Crippen LogP contribution < -0.4 is 0 Å². The highest BCUT2D eigenvalue weighted by Crippen LogP contribution is 2.09. The number of hydrogen-bond donors (Lipinski definition) is 0. The van der Waals surface area contributed by atoms with Gasteiger partial charge in [-0.25, -0.2) is 0 Å². The van der Waals surface area contributed by atoms with Gasteiger partial charge in [0.15, 0.2) is 0 Å². The molecule has 0 radical (unpaired) electrons. The third-order valence-electron chi connectivity index (χ3n) is 3.33. The molecule has 108 valence electrons. The number of hydrogen-bond acceptors (Lipinski definition) is 4. The van der Waals surface area contributed by atoms with Crippen molar-refractivity contribution in [2.45, 2.75) is 6.42 Å². The van der Waals surface area contributed by atoms with E-state index in [1.807, 2.05) is 0 Å². The minimum Gasteiger partial charge on any atom is -0.375 e. The topological polar surface area (TPSA) is 62.7 Å². The number of methoxy groups -OCH3 is 1. The van der Waals surface area contributed by atoms with Crippen LogP contribution in [0.1, 0.15) is 16.8 Å². The molecule has 2 amide bonds. The van der Waals surface area contributed by atoms with Gasteiger partial charge in [-0.3, -0.25) is 14.6 Å². The van der Waals surface area contributed by atoms with Gasteiger partial charge >= 0.3 is 0 Å². The monoisotopic (exact) mass is 277 g/mol. The molecule has 0 aromatic carbocycles. The number of carbonyl (C=O) groups excluding carboxylic acids is 2. The fraction of sp³-hybridized carbons (Fsp3) is 0.500. The summed E-state index contributed by atoms with van der Waals surface area (Å²) in [7, 11) is 1.51. The molecule has 6 nitrogen and oxygen atoms in total. The van der Waals surface area contributed by atoms with E-state index in [0.717, 1.165) is 6.42 Å². The predicted octanol–water partition coefficient (Wildman–Crippen LogP) is 0.402. The van der Waals surface area contributed by atoms with Crippen LogP contribution in [0.25, 0.3) is 0 Å². The summed E-state index contributed by atoms with van der Waals surface area (Å²) in [5.74, 6) is -0.0286. The Morgan fingerprint density at radius 1 is 1.15 bits per heavy atom. The van der Waals surface area contributed by atoms with Crippen LogP contribution in [0.3, 0.4) is 0 Å². The van der Waals surface area contributed by atoms with Crippen LogP contribution in [0.5, 0.6) is 0 Å². The molecule has 20 heavy (non-hydrogen) atoms. The lowest BCUT2D eigenvalue weighted by atomic mass is 10.2. The second-order valence-electron chi connectivity index (χ2n) is 4.70. The number of nitrogens with zero attached hydrogens (tertiary/aromatic N) is 3. The number of pyridine rings is 1. The molecule has 1 aliphatic heterocycles. The summed E-state index contributed by atoms with van der Waals surface area (Å²) in [6.45, 7) is 2.54. The molecule has 0 bridgehead atoms. The lowest BCUT2D eigenvalue weighted by molar-refractivity contribution is -0.135. The molecule has 0 aliphatic carbocycles. The van der Waals surface area contributed by atoms with E-state index < -0.39 is 0 Å². The van der Waals surface area contributed by atoms with Crippen LogP contribution in [0.2, 0.25) is 0 Å². The molecular formula is C14H19N3O3. The van der Waals surface area contributed by atoms with Crippen LogP contribution in [0.15, 0.2) is 24.5 Å². The maximum atomic E-state index is 12.3. The minimum absolute atomic E-state index is 0.00607. The van der Waals surface area contributed by atoms with Crippen molar-refractivity contribution in [3.8, 4) is 0 Å². The minimum atomic E-state index is -0.0225. The van der Waals surface area contributed by atoms with E-state index in [4.69, 9.17) is 4.74 Å². The first-order valence-corrected chi connectivity index (χ1v) is 6.68. The number of ether oxygens (including phenoxy) is 1. The van der Waals surface area contributed by atoms with E-state index >= 15 is 0 Å². The third-order valence-corrected chi connectivity index (χ3v) is 3.33. The molecule has 1 fully saturated rings. The van der Waals surface area contributed by atoms with Gasteiger partial charge in [-0.1, -0.05) is 0 Å². The smallest absolute Gasteiger partial charge is 0.254 e. The zero-order chi connectivity index (χ0) is 14.4. The lowest BCUT2D eigenvalue weighted by Crippen LogP contribution is -2.38. The van der Waals surface area contributed by atoms with Crippen LogP contribution in [0.4, 0.5) is 0 Å². The van der Waals surface area contributed by atoms with Crippen LogP contribution in [-0.2, 0) is 9.53 Å². The molecule has 0 atom stereocenters. The summed E-state index contributed by atoms with van der Waals surface area (Å²) >= 11 is 0. The Morgan fingerprint density at radius 2 is 1.80 bits per heavy atom. The highest BCUT2D eigenvalue weighted by molar-refractivity contribution is 5.94. The summed E-state index contributed by atoms with van der Waals surface area (Å²) in [4.78, 5) is 31.6. The van der Waals surface area contributed by atoms with Crippen LogP contribution >= 0.6 is 0 Å². The summed E-state index contributed by atoms with van der Waals surface area (Å²) in [5, 5.41) is 0. The lowest BCUT2D eigenvalue weighted by Gasteiger charge is -2.22. The van der Waals surface area contributed by atoms with Gasteiger partial charge in [-0.15, -0.1) is 0 Å². The van der Waals surface area contributed by atoms with Gasteiger partial charge in [0.2, 0.25) is 5.91 Å². The molecular weight excluding hydrogens is 258 g/mol. The molecule has 1 aromatic rings. The predicted molar refractivity (Wildman–Crippen MR) is 73.2 cm³/mol. The standard InChI is InChI=1S/C14H19N3O3/c1-20-11-13(18)16-7-2-8-17(10-9-16)14(19)12-3-5-15-6-4-12/h3-6H,2,7-11H2,1H3. The second-order valence-corrected chi connectivity index (χ2v) is 4.70. The number of aromatic nitrogens is 1. The maximum Gasteiger partial charge on any atom is 0.254 e. The molecule has 1 saturated heterocycles. The van der Waals surface area contributed by atoms with E-state index in [1.165, 1.54) is 7.11 Å². The third kappa shape index (κ3) is 3.54. The molecule has 0 unspecified atom stereocenters. The first kappa shape index (κ1) is 14.5. The molecule has 2 heterocycles. The van der Waals surface area contributed by atoms with E-state index in [1.54, 1.807) is 34.3 Å². The largest absolute Gasteiger partial charge is 0.375 e. The first-order chi connectivity index (χ1) is 9.72. The number of rotatable bonds is 3. The maximum absolute atomic E-state index is 12.3. The Bertz CT molecular complexity index is 464. The molecule has 1 aliphatic rings. The van der Waals surface area contributed by atoms with Crippen molar-refractivity contribution in [2.75, 3.05) is 39.9 Å². The van der Waals surface area contributed by atoms with Gasteiger partial charge in [0.25, 0.3) is 5.91 Å². The number of amides is 2. The number of carbonyl (C=O) groups is 2.